The molecule has 0 N–H and O–H groups in total. The quantitative estimate of drug-likeness (QED) is 0.163. The lowest BCUT2D eigenvalue weighted by molar-refractivity contribution is -0.0854. The van der Waals surface area contributed by atoms with Crippen LogP contribution in [0.25, 0.3) is 0 Å². The van der Waals surface area contributed by atoms with Crippen molar-refractivity contribution >= 4 is 11.6 Å². The number of hydrogen-bond donors (Lipinski definition) is 0. The Labute approximate surface area is 166 Å². The van der Waals surface area contributed by atoms with E-state index in [0.29, 0.717) is 0 Å². The topological polar surface area (TPSA) is 18.5 Å². The molecule has 0 aliphatic heterocycles. The maximum absolute atomic E-state index is 6.57. The SMILES string of the molecule is CCCCCCCCC(Cl)c1ccc(OC(CCC)OCCCC)cc1. The monoisotopic (exact) mass is 382 g/mol. The van der Waals surface area contributed by atoms with Gasteiger partial charge in [-0.05, 0) is 30.5 Å². The highest BCUT2D eigenvalue weighted by Gasteiger charge is 2.11. The van der Waals surface area contributed by atoms with E-state index in [9.17, 15) is 0 Å². The molecule has 0 saturated carbocycles. The van der Waals surface area contributed by atoms with E-state index in [1.165, 1.54) is 44.1 Å². The third-order valence-electron chi connectivity index (χ3n) is 4.65. The molecule has 1 aromatic carbocycles. The van der Waals surface area contributed by atoms with Gasteiger partial charge in [0.15, 0.2) is 6.29 Å². The van der Waals surface area contributed by atoms with Crippen molar-refractivity contribution < 1.29 is 9.47 Å². The number of alkyl halides is 1. The van der Waals surface area contributed by atoms with Crippen molar-refractivity contribution in [1.29, 1.82) is 0 Å². The molecule has 0 radical (unpaired) electrons. The average molecular weight is 383 g/mol. The molecule has 0 aliphatic carbocycles. The Kier molecular flexibility index (Phi) is 13.8. The van der Waals surface area contributed by atoms with Gasteiger partial charge in [-0.25, -0.2) is 0 Å². The molecule has 0 aliphatic rings. The largest absolute Gasteiger partial charge is 0.465 e. The highest BCUT2D eigenvalue weighted by atomic mass is 35.5. The molecule has 26 heavy (non-hydrogen) atoms. The zero-order chi connectivity index (χ0) is 19.0. The summed E-state index contributed by atoms with van der Waals surface area (Å²) >= 11 is 6.57. The predicted octanol–water partition coefficient (Wildman–Crippen LogP) is 8.04. The summed E-state index contributed by atoms with van der Waals surface area (Å²) < 4.78 is 11.9. The Bertz CT molecular complexity index is 432. The molecular weight excluding hydrogens is 344 g/mol. The van der Waals surface area contributed by atoms with Crippen LogP contribution in [0, 0.1) is 0 Å². The molecule has 2 atom stereocenters. The minimum absolute atomic E-state index is 0.0995. The number of unbranched alkanes of at least 4 members (excludes halogenated alkanes) is 6. The Morgan fingerprint density at radius 1 is 0.769 bits per heavy atom. The summed E-state index contributed by atoms with van der Waals surface area (Å²) in [6, 6.07) is 8.24. The fourth-order valence-electron chi connectivity index (χ4n) is 2.95. The van der Waals surface area contributed by atoms with E-state index < -0.39 is 0 Å². The van der Waals surface area contributed by atoms with Crippen LogP contribution in [0.3, 0.4) is 0 Å². The van der Waals surface area contributed by atoms with Crippen molar-refractivity contribution in [1.82, 2.24) is 0 Å². The molecule has 0 amide bonds. The Morgan fingerprint density at radius 2 is 1.42 bits per heavy atom. The van der Waals surface area contributed by atoms with Crippen molar-refractivity contribution in [3.8, 4) is 5.75 Å². The second kappa shape index (κ2) is 15.3. The van der Waals surface area contributed by atoms with Crippen LogP contribution in [0.5, 0.6) is 5.75 Å². The van der Waals surface area contributed by atoms with Gasteiger partial charge in [0.05, 0.1) is 12.0 Å². The standard InChI is InChI=1S/C23H39ClO2/c1-4-7-9-10-11-12-14-22(24)20-15-17-21(18-16-20)26-23(13-6-3)25-19-8-5-2/h15-18,22-23H,4-14,19H2,1-3H3. The summed E-state index contributed by atoms with van der Waals surface area (Å²) in [4.78, 5) is 0. The molecule has 2 unspecified atom stereocenters. The van der Waals surface area contributed by atoms with Gasteiger partial charge in [0, 0.05) is 6.42 Å². The molecule has 0 saturated heterocycles. The number of hydrogen-bond acceptors (Lipinski definition) is 2. The van der Waals surface area contributed by atoms with E-state index in [4.69, 9.17) is 21.1 Å². The van der Waals surface area contributed by atoms with Crippen LogP contribution in [0.2, 0.25) is 0 Å². The Balaban J connectivity index is 2.38. The van der Waals surface area contributed by atoms with Crippen molar-refractivity contribution in [3.05, 3.63) is 29.8 Å². The molecule has 0 spiro atoms. The number of halogens is 1. The fourth-order valence-corrected chi connectivity index (χ4v) is 3.25. The van der Waals surface area contributed by atoms with Crippen LogP contribution >= 0.6 is 11.6 Å². The normalized spacial score (nSPS) is 13.5. The minimum atomic E-state index is -0.146. The first-order valence-electron chi connectivity index (χ1n) is 10.7. The Morgan fingerprint density at radius 3 is 2.08 bits per heavy atom. The van der Waals surface area contributed by atoms with E-state index >= 15 is 0 Å². The smallest absolute Gasteiger partial charge is 0.199 e. The summed E-state index contributed by atoms with van der Waals surface area (Å²) in [7, 11) is 0. The van der Waals surface area contributed by atoms with Gasteiger partial charge < -0.3 is 9.47 Å². The summed E-state index contributed by atoms with van der Waals surface area (Å²) in [5, 5.41) is 0.0995. The van der Waals surface area contributed by atoms with Crippen LogP contribution in [0.15, 0.2) is 24.3 Å². The third kappa shape index (κ3) is 10.4. The van der Waals surface area contributed by atoms with Crippen molar-refractivity contribution in [2.24, 2.45) is 0 Å². The average Bonchev–Trinajstić information content (AvgIpc) is 2.65. The van der Waals surface area contributed by atoms with Crippen molar-refractivity contribution in [2.75, 3.05) is 6.61 Å². The highest BCUT2D eigenvalue weighted by molar-refractivity contribution is 6.20. The molecule has 2 nitrogen and oxygen atoms in total. The molecule has 0 aromatic heterocycles. The maximum Gasteiger partial charge on any atom is 0.199 e. The second-order valence-electron chi connectivity index (χ2n) is 7.15. The molecular formula is C23H39ClO2. The van der Waals surface area contributed by atoms with Crippen LogP contribution in [0.4, 0.5) is 0 Å². The predicted molar refractivity (Wildman–Crippen MR) is 113 cm³/mol. The minimum Gasteiger partial charge on any atom is -0.465 e. The first-order chi connectivity index (χ1) is 12.7. The van der Waals surface area contributed by atoms with E-state index in [0.717, 1.165) is 44.5 Å². The summed E-state index contributed by atoms with van der Waals surface area (Å²) in [5.74, 6) is 0.868. The fraction of sp³-hybridized carbons (Fsp3) is 0.739. The van der Waals surface area contributed by atoms with Gasteiger partial charge in [0.25, 0.3) is 0 Å². The van der Waals surface area contributed by atoms with Gasteiger partial charge in [0.1, 0.15) is 5.75 Å². The van der Waals surface area contributed by atoms with E-state index in [1.54, 1.807) is 0 Å². The molecule has 0 fully saturated rings. The summed E-state index contributed by atoms with van der Waals surface area (Å²) in [5.41, 5.74) is 1.19. The molecule has 0 bridgehead atoms. The molecule has 1 rings (SSSR count). The van der Waals surface area contributed by atoms with Gasteiger partial charge >= 0.3 is 0 Å². The molecule has 3 heteroatoms. The number of ether oxygens (including phenoxy) is 2. The van der Waals surface area contributed by atoms with Gasteiger partial charge in [-0.15, -0.1) is 11.6 Å². The third-order valence-corrected chi connectivity index (χ3v) is 5.12. The second-order valence-corrected chi connectivity index (χ2v) is 7.68. The van der Waals surface area contributed by atoms with E-state index in [1.807, 2.05) is 12.1 Å². The van der Waals surface area contributed by atoms with Crippen LogP contribution in [-0.4, -0.2) is 12.9 Å². The summed E-state index contributed by atoms with van der Waals surface area (Å²) in [6.45, 7) is 7.35. The first kappa shape index (κ1) is 23.3. The lowest BCUT2D eigenvalue weighted by Gasteiger charge is -2.19. The zero-order valence-corrected chi connectivity index (χ0v) is 17.9. The molecule has 1 aromatic rings. The van der Waals surface area contributed by atoms with Crippen LogP contribution in [-0.2, 0) is 4.74 Å². The lowest BCUT2D eigenvalue weighted by atomic mass is 10.0. The van der Waals surface area contributed by atoms with Gasteiger partial charge in [-0.3, -0.25) is 0 Å². The molecule has 150 valence electrons. The zero-order valence-electron chi connectivity index (χ0n) is 17.1. The Hall–Kier alpha value is -0.730. The number of rotatable bonds is 16. The maximum atomic E-state index is 6.57. The number of benzene rings is 1. The first-order valence-corrected chi connectivity index (χ1v) is 11.2. The van der Waals surface area contributed by atoms with Crippen molar-refractivity contribution in [2.45, 2.75) is 103 Å². The molecule has 0 heterocycles. The van der Waals surface area contributed by atoms with Gasteiger partial charge in [-0.2, -0.15) is 0 Å². The van der Waals surface area contributed by atoms with Gasteiger partial charge in [0.2, 0.25) is 0 Å². The lowest BCUT2D eigenvalue weighted by Crippen LogP contribution is -2.21. The van der Waals surface area contributed by atoms with Crippen LogP contribution < -0.4 is 4.74 Å². The highest BCUT2D eigenvalue weighted by Crippen LogP contribution is 2.28. The van der Waals surface area contributed by atoms with Crippen LogP contribution in [0.1, 0.15) is 102 Å². The van der Waals surface area contributed by atoms with E-state index in [-0.39, 0.29) is 11.7 Å². The van der Waals surface area contributed by atoms with Gasteiger partial charge in [-0.1, -0.05) is 84.3 Å². The van der Waals surface area contributed by atoms with E-state index in [2.05, 4.69) is 32.9 Å². The summed E-state index contributed by atoms with van der Waals surface area (Å²) in [6.07, 6.45) is 12.9. The van der Waals surface area contributed by atoms with Crippen molar-refractivity contribution in [3.63, 3.8) is 0 Å².